The van der Waals surface area contributed by atoms with Crippen LogP contribution >= 0.6 is 23.2 Å². The van der Waals surface area contributed by atoms with Gasteiger partial charge in [0, 0.05) is 5.56 Å². The largest absolute Gasteiger partial charge is 0.291 e. The molecule has 0 amide bonds. The van der Waals surface area contributed by atoms with Crippen LogP contribution in [0.2, 0.25) is 0 Å². The lowest BCUT2D eigenvalue weighted by atomic mass is 9.99. The minimum absolute atomic E-state index is 0.223. The summed E-state index contributed by atoms with van der Waals surface area (Å²) in [5, 5.41) is 0. The molecule has 0 radical (unpaired) electrons. The van der Waals surface area contributed by atoms with Gasteiger partial charge in [-0.3, -0.25) is 4.79 Å². The van der Waals surface area contributed by atoms with Gasteiger partial charge in [-0.25, -0.2) is 0 Å². The highest BCUT2D eigenvalue weighted by Gasteiger charge is 2.32. The first kappa shape index (κ1) is 14.5. The zero-order valence-electron chi connectivity index (χ0n) is 10.5. The third kappa shape index (κ3) is 4.01. The van der Waals surface area contributed by atoms with Crippen LogP contribution in [0.5, 0.6) is 0 Å². The fourth-order valence-corrected chi connectivity index (χ4v) is 1.85. The van der Waals surface area contributed by atoms with Crippen molar-refractivity contribution in [3.8, 4) is 0 Å². The Labute approximate surface area is 113 Å². The van der Waals surface area contributed by atoms with Crippen LogP contribution in [0.4, 0.5) is 0 Å². The number of Topliss-reactive ketones (excluding diaryl/α,β-unsaturated/α-hetero) is 1. The maximum Gasteiger partial charge on any atom is 0.198 e. The predicted molar refractivity (Wildman–Crippen MR) is 74.0 cm³/mol. The van der Waals surface area contributed by atoms with Gasteiger partial charge in [0.05, 0.1) is 0 Å². The first-order valence-electron chi connectivity index (χ1n) is 5.88. The lowest BCUT2D eigenvalue weighted by Crippen LogP contribution is -2.24. The highest BCUT2D eigenvalue weighted by Crippen LogP contribution is 2.29. The molecule has 1 rings (SSSR count). The van der Waals surface area contributed by atoms with Crippen molar-refractivity contribution in [1.29, 1.82) is 0 Å². The number of alkyl halides is 2. The number of hydrogen-bond acceptors (Lipinski definition) is 1. The molecule has 0 saturated carbocycles. The number of hydrogen-bond donors (Lipinski definition) is 0. The third-order valence-electron chi connectivity index (χ3n) is 2.64. The Morgan fingerprint density at radius 2 is 1.76 bits per heavy atom. The van der Waals surface area contributed by atoms with Gasteiger partial charge in [-0.2, -0.15) is 0 Å². The fourth-order valence-electron chi connectivity index (χ4n) is 1.64. The van der Waals surface area contributed by atoms with E-state index in [2.05, 4.69) is 13.8 Å². The zero-order valence-corrected chi connectivity index (χ0v) is 12.0. The van der Waals surface area contributed by atoms with Gasteiger partial charge in [0.1, 0.15) is 0 Å². The van der Waals surface area contributed by atoms with Gasteiger partial charge in [0.15, 0.2) is 10.1 Å². The second-order valence-corrected chi connectivity index (χ2v) is 6.17. The molecule has 0 aromatic heterocycles. The van der Waals surface area contributed by atoms with E-state index in [0.29, 0.717) is 17.9 Å². The molecule has 1 aromatic rings. The summed E-state index contributed by atoms with van der Waals surface area (Å²) in [7, 11) is 0. The van der Waals surface area contributed by atoms with Gasteiger partial charge in [-0.05, 0) is 24.3 Å². The summed E-state index contributed by atoms with van der Waals surface area (Å²) in [5.74, 6) is 0.381. The van der Waals surface area contributed by atoms with Crippen LogP contribution in [-0.2, 0) is 6.42 Å². The zero-order chi connectivity index (χ0) is 13.1. The molecule has 3 heteroatoms. The molecule has 0 N–H and O–H groups in total. The number of rotatable bonds is 5. The Balaban J connectivity index is 2.84. The highest BCUT2D eigenvalue weighted by atomic mass is 35.5. The minimum Gasteiger partial charge on any atom is -0.291 e. The Kier molecular flexibility index (Phi) is 5.03. The normalized spacial score (nSPS) is 11.9. The third-order valence-corrected chi connectivity index (χ3v) is 3.51. The minimum atomic E-state index is -1.31. The smallest absolute Gasteiger partial charge is 0.198 e. The number of carbonyl (C=O) groups excluding carboxylic acids is 1. The van der Waals surface area contributed by atoms with Gasteiger partial charge in [-0.15, -0.1) is 0 Å². The monoisotopic (exact) mass is 272 g/mol. The van der Waals surface area contributed by atoms with Crippen molar-refractivity contribution in [2.75, 3.05) is 0 Å². The van der Waals surface area contributed by atoms with Crippen molar-refractivity contribution in [3.05, 3.63) is 35.4 Å². The summed E-state index contributed by atoms with van der Waals surface area (Å²) in [5.41, 5.74) is 1.80. The maximum absolute atomic E-state index is 12.0. The number of benzene rings is 1. The average Bonchev–Trinajstić information content (AvgIpc) is 2.28. The standard InChI is InChI=1S/C14H18Cl2O/c1-4-14(15,16)13(17)12-7-5-11(6-8-12)9-10(2)3/h5-8,10H,4,9H2,1-3H3. The molecule has 0 aliphatic heterocycles. The van der Waals surface area contributed by atoms with E-state index in [-0.39, 0.29) is 5.78 Å². The Hall–Kier alpha value is -0.530. The molecular weight excluding hydrogens is 255 g/mol. The van der Waals surface area contributed by atoms with Gasteiger partial charge < -0.3 is 0 Å². The van der Waals surface area contributed by atoms with E-state index in [1.807, 2.05) is 12.1 Å². The first-order valence-corrected chi connectivity index (χ1v) is 6.64. The summed E-state index contributed by atoms with van der Waals surface area (Å²) in [6.45, 7) is 6.13. The first-order chi connectivity index (χ1) is 7.86. The van der Waals surface area contributed by atoms with E-state index < -0.39 is 4.33 Å². The van der Waals surface area contributed by atoms with Crippen molar-refractivity contribution >= 4 is 29.0 Å². The maximum atomic E-state index is 12.0. The van der Waals surface area contributed by atoms with Gasteiger partial charge in [0.25, 0.3) is 0 Å². The van der Waals surface area contributed by atoms with Crippen molar-refractivity contribution in [1.82, 2.24) is 0 Å². The molecule has 0 unspecified atom stereocenters. The van der Waals surface area contributed by atoms with E-state index in [1.165, 1.54) is 5.56 Å². The molecule has 0 heterocycles. The quantitative estimate of drug-likeness (QED) is 0.563. The van der Waals surface area contributed by atoms with Crippen LogP contribution in [0.1, 0.15) is 43.1 Å². The molecular formula is C14H18Cl2O. The average molecular weight is 273 g/mol. The van der Waals surface area contributed by atoms with Gasteiger partial charge >= 0.3 is 0 Å². The van der Waals surface area contributed by atoms with Crippen LogP contribution in [0.15, 0.2) is 24.3 Å². The van der Waals surface area contributed by atoms with Crippen molar-refractivity contribution in [2.45, 2.75) is 37.9 Å². The van der Waals surface area contributed by atoms with E-state index >= 15 is 0 Å². The van der Waals surface area contributed by atoms with Gasteiger partial charge in [-0.1, -0.05) is 68.2 Å². The van der Waals surface area contributed by atoms with Crippen LogP contribution in [0.25, 0.3) is 0 Å². The summed E-state index contributed by atoms with van der Waals surface area (Å²) >= 11 is 11.9. The summed E-state index contributed by atoms with van der Waals surface area (Å²) < 4.78 is -1.31. The van der Waals surface area contributed by atoms with E-state index in [4.69, 9.17) is 23.2 Å². The predicted octanol–water partition coefficient (Wildman–Crippen LogP) is 4.65. The molecule has 0 bridgehead atoms. The summed E-state index contributed by atoms with van der Waals surface area (Å²) in [6.07, 6.45) is 1.41. The Bertz CT molecular complexity index is 380. The molecule has 0 aliphatic carbocycles. The lowest BCUT2D eigenvalue weighted by molar-refractivity contribution is 0.0971. The molecule has 0 spiro atoms. The topological polar surface area (TPSA) is 17.1 Å². The molecule has 94 valence electrons. The molecule has 0 aliphatic rings. The van der Waals surface area contributed by atoms with Crippen molar-refractivity contribution in [3.63, 3.8) is 0 Å². The Morgan fingerprint density at radius 3 is 2.18 bits per heavy atom. The molecule has 0 fully saturated rings. The van der Waals surface area contributed by atoms with Crippen molar-refractivity contribution in [2.24, 2.45) is 5.92 Å². The molecule has 0 saturated heterocycles. The number of ketones is 1. The van der Waals surface area contributed by atoms with E-state index in [9.17, 15) is 4.79 Å². The van der Waals surface area contributed by atoms with Crippen LogP contribution in [0, 0.1) is 5.92 Å². The van der Waals surface area contributed by atoms with Gasteiger partial charge in [0.2, 0.25) is 0 Å². The van der Waals surface area contributed by atoms with E-state index in [0.717, 1.165) is 6.42 Å². The number of halogens is 2. The summed E-state index contributed by atoms with van der Waals surface area (Å²) in [6, 6.07) is 7.53. The summed E-state index contributed by atoms with van der Waals surface area (Å²) in [4.78, 5) is 12.0. The second-order valence-electron chi connectivity index (χ2n) is 4.68. The number of carbonyl (C=O) groups is 1. The van der Waals surface area contributed by atoms with Crippen LogP contribution in [-0.4, -0.2) is 10.1 Å². The van der Waals surface area contributed by atoms with E-state index in [1.54, 1.807) is 19.1 Å². The van der Waals surface area contributed by atoms with Crippen LogP contribution in [0.3, 0.4) is 0 Å². The Morgan fingerprint density at radius 1 is 1.24 bits per heavy atom. The molecule has 1 aromatic carbocycles. The highest BCUT2D eigenvalue weighted by molar-refractivity contribution is 6.59. The van der Waals surface area contributed by atoms with Crippen LogP contribution < -0.4 is 0 Å². The SMILES string of the molecule is CCC(Cl)(Cl)C(=O)c1ccc(CC(C)C)cc1. The molecule has 1 nitrogen and oxygen atoms in total. The fraction of sp³-hybridized carbons (Fsp3) is 0.500. The molecule has 0 atom stereocenters. The molecule has 17 heavy (non-hydrogen) atoms. The lowest BCUT2D eigenvalue weighted by Gasteiger charge is -2.15. The van der Waals surface area contributed by atoms with Crippen molar-refractivity contribution < 1.29 is 4.79 Å². The second kappa shape index (κ2) is 5.88.